The number of anilines is 1. The van der Waals surface area contributed by atoms with Gasteiger partial charge in [0.2, 0.25) is 0 Å². The van der Waals surface area contributed by atoms with Crippen LogP contribution < -0.4 is 15.4 Å². The van der Waals surface area contributed by atoms with Crippen LogP contribution in [0.15, 0.2) is 66.0 Å². The molecule has 3 rings (SSSR count). The summed E-state index contributed by atoms with van der Waals surface area (Å²) in [5.41, 5.74) is 1.19. The van der Waals surface area contributed by atoms with Gasteiger partial charge in [-0.3, -0.25) is 14.4 Å². The van der Waals surface area contributed by atoms with E-state index >= 15 is 0 Å². The Kier molecular flexibility index (Phi) is 7.18. The van der Waals surface area contributed by atoms with Gasteiger partial charge in [-0.2, -0.15) is 0 Å². The van der Waals surface area contributed by atoms with Crippen molar-refractivity contribution in [2.45, 2.75) is 6.61 Å². The van der Waals surface area contributed by atoms with E-state index in [1.54, 1.807) is 53.8 Å². The van der Waals surface area contributed by atoms with Crippen LogP contribution in [0.3, 0.4) is 0 Å². The van der Waals surface area contributed by atoms with E-state index in [1.165, 1.54) is 13.2 Å². The highest BCUT2D eigenvalue weighted by Gasteiger charge is 2.11. The lowest BCUT2D eigenvalue weighted by molar-refractivity contribution is -0.139. The van der Waals surface area contributed by atoms with Crippen LogP contribution in [0, 0.1) is 0 Å². The zero-order valence-corrected chi connectivity index (χ0v) is 17.0. The van der Waals surface area contributed by atoms with Crippen molar-refractivity contribution in [2.24, 2.45) is 0 Å². The molecule has 1 heterocycles. The molecule has 2 amide bonds. The van der Waals surface area contributed by atoms with Crippen LogP contribution in [0.4, 0.5) is 5.69 Å². The largest absolute Gasteiger partial charge is 0.488 e. The van der Waals surface area contributed by atoms with Crippen molar-refractivity contribution in [2.75, 3.05) is 19.0 Å². The van der Waals surface area contributed by atoms with Gasteiger partial charge in [0.15, 0.2) is 0 Å². The van der Waals surface area contributed by atoms with E-state index in [2.05, 4.69) is 15.4 Å². The highest BCUT2D eigenvalue weighted by molar-refractivity contribution is 7.09. The van der Waals surface area contributed by atoms with E-state index in [0.29, 0.717) is 29.2 Å². The lowest BCUT2D eigenvalue weighted by atomic mass is 10.1. The zero-order valence-electron chi connectivity index (χ0n) is 16.2. The lowest BCUT2D eigenvalue weighted by Gasteiger charge is -2.09. The molecule has 8 heteroatoms. The van der Waals surface area contributed by atoms with Gasteiger partial charge >= 0.3 is 5.97 Å². The summed E-state index contributed by atoms with van der Waals surface area (Å²) in [6, 6.07) is 17.2. The Labute approximate surface area is 177 Å². The summed E-state index contributed by atoms with van der Waals surface area (Å²) in [7, 11) is 1.24. The smallest absolute Gasteiger partial charge is 0.325 e. The highest BCUT2D eigenvalue weighted by atomic mass is 32.1. The maximum Gasteiger partial charge on any atom is 0.325 e. The van der Waals surface area contributed by atoms with Crippen LogP contribution in [-0.4, -0.2) is 31.4 Å². The third kappa shape index (κ3) is 5.92. The number of thiophene rings is 1. The summed E-state index contributed by atoms with van der Waals surface area (Å²) < 4.78 is 10.2. The first-order valence-electron chi connectivity index (χ1n) is 9.07. The van der Waals surface area contributed by atoms with Gasteiger partial charge in [0, 0.05) is 21.7 Å². The van der Waals surface area contributed by atoms with Crippen molar-refractivity contribution in [3.05, 3.63) is 82.0 Å². The van der Waals surface area contributed by atoms with E-state index in [1.807, 2.05) is 17.5 Å². The summed E-state index contributed by atoms with van der Waals surface area (Å²) in [4.78, 5) is 37.0. The summed E-state index contributed by atoms with van der Waals surface area (Å²) in [5, 5.41) is 7.19. The summed E-state index contributed by atoms with van der Waals surface area (Å²) in [5.74, 6) is -0.731. The van der Waals surface area contributed by atoms with Crippen molar-refractivity contribution < 1.29 is 23.9 Å². The van der Waals surface area contributed by atoms with Gasteiger partial charge in [-0.15, -0.1) is 11.3 Å². The minimum atomic E-state index is -0.547. The Bertz CT molecular complexity index is 1030. The summed E-state index contributed by atoms with van der Waals surface area (Å²) in [6.45, 7) is 0.204. The highest BCUT2D eigenvalue weighted by Crippen LogP contribution is 2.19. The Morgan fingerprint density at radius 2 is 1.70 bits per heavy atom. The number of rotatable bonds is 8. The van der Waals surface area contributed by atoms with E-state index in [0.717, 1.165) is 4.88 Å². The fraction of sp³-hybridized carbons (Fsp3) is 0.136. The SMILES string of the molecule is COC(=O)CNC(=O)c1cccc(NC(=O)c2cccc(OCc3cccs3)c2)c1. The molecule has 154 valence electrons. The maximum absolute atomic E-state index is 12.6. The monoisotopic (exact) mass is 424 g/mol. The topological polar surface area (TPSA) is 93.7 Å². The molecule has 0 saturated carbocycles. The molecule has 0 fully saturated rings. The summed E-state index contributed by atoms with van der Waals surface area (Å²) >= 11 is 1.60. The van der Waals surface area contributed by atoms with Gasteiger partial charge in [-0.25, -0.2) is 0 Å². The fourth-order valence-corrected chi connectivity index (χ4v) is 3.16. The van der Waals surface area contributed by atoms with Crippen LogP contribution in [0.1, 0.15) is 25.6 Å². The minimum Gasteiger partial charge on any atom is -0.488 e. The molecule has 0 atom stereocenters. The van der Waals surface area contributed by atoms with Crippen molar-refractivity contribution in [1.82, 2.24) is 5.32 Å². The Morgan fingerprint density at radius 1 is 0.933 bits per heavy atom. The van der Waals surface area contributed by atoms with E-state index in [-0.39, 0.29) is 12.5 Å². The third-order valence-electron chi connectivity index (χ3n) is 4.06. The number of carbonyl (C=O) groups is 3. The van der Waals surface area contributed by atoms with Crippen molar-refractivity contribution >= 4 is 34.8 Å². The lowest BCUT2D eigenvalue weighted by Crippen LogP contribution is -2.30. The second-order valence-corrected chi connectivity index (χ2v) is 7.22. The Balaban J connectivity index is 1.62. The van der Waals surface area contributed by atoms with Gasteiger partial charge in [0.25, 0.3) is 11.8 Å². The molecule has 7 nitrogen and oxygen atoms in total. The van der Waals surface area contributed by atoms with Crippen molar-refractivity contribution in [3.63, 3.8) is 0 Å². The van der Waals surface area contributed by atoms with Crippen LogP contribution in [0.25, 0.3) is 0 Å². The number of carbonyl (C=O) groups excluding carboxylic acids is 3. The predicted octanol–water partition coefficient (Wildman–Crippen LogP) is 3.48. The van der Waals surface area contributed by atoms with E-state index in [9.17, 15) is 14.4 Å². The first-order chi connectivity index (χ1) is 14.5. The normalized spacial score (nSPS) is 10.2. The van der Waals surface area contributed by atoms with Gasteiger partial charge in [0.1, 0.15) is 18.9 Å². The first kappa shape index (κ1) is 21.1. The molecular weight excluding hydrogens is 404 g/mol. The molecule has 0 spiro atoms. The third-order valence-corrected chi connectivity index (χ3v) is 4.91. The average molecular weight is 424 g/mol. The minimum absolute atomic E-state index is 0.232. The molecular formula is C22H20N2O5S. The molecule has 3 aromatic rings. The number of esters is 1. The number of benzene rings is 2. The van der Waals surface area contributed by atoms with Crippen LogP contribution in [-0.2, 0) is 16.1 Å². The molecule has 2 aromatic carbocycles. The number of amides is 2. The predicted molar refractivity (Wildman–Crippen MR) is 114 cm³/mol. The maximum atomic E-state index is 12.6. The van der Waals surface area contributed by atoms with Crippen molar-refractivity contribution in [1.29, 1.82) is 0 Å². The van der Waals surface area contributed by atoms with E-state index < -0.39 is 11.9 Å². The second-order valence-electron chi connectivity index (χ2n) is 6.19. The van der Waals surface area contributed by atoms with Gasteiger partial charge in [-0.1, -0.05) is 18.2 Å². The number of methoxy groups -OCH3 is 1. The Hall–Kier alpha value is -3.65. The van der Waals surface area contributed by atoms with Gasteiger partial charge in [0.05, 0.1) is 7.11 Å². The number of nitrogens with one attached hydrogen (secondary N) is 2. The second kappa shape index (κ2) is 10.2. The Morgan fingerprint density at radius 3 is 2.43 bits per heavy atom. The standard InChI is InChI=1S/C22H20N2O5S/c1-28-20(25)13-23-21(26)15-5-2-7-17(11-15)24-22(27)16-6-3-8-18(12-16)29-14-19-9-4-10-30-19/h2-12H,13-14H2,1H3,(H,23,26)(H,24,27). The summed E-state index contributed by atoms with van der Waals surface area (Å²) in [6.07, 6.45) is 0. The first-order valence-corrected chi connectivity index (χ1v) is 9.95. The molecule has 0 bridgehead atoms. The van der Waals surface area contributed by atoms with Crippen LogP contribution >= 0.6 is 11.3 Å². The molecule has 2 N–H and O–H groups in total. The molecule has 0 saturated heterocycles. The zero-order chi connectivity index (χ0) is 21.3. The van der Waals surface area contributed by atoms with Crippen LogP contribution in [0.2, 0.25) is 0 Å². The molecule has 0 aliphatic heterocycles. The van der Waals surface area contributed by atoms with Crippen LogP contribution in [0.5, 0.6) is 5.75 Å². The molecule has 1 aromatic heterocycles. The fourth-order valence-electron chi connectivity index (χ4n) is 2.54. The van der Waals surface area contributed by atoms with E-state index in [4.69, 9.17) is 4.74 Å². The quantitative estimate of drug-likeness (QED) is 0.540. The number of hydrogen-bond donors (Lipinski definition) is 2. The molecule has 0 unspecified atom stereocenters. The molecule has 30 heavy (non-hydrogen) atoms. The molecule has 0 aliphatic carbocycles. The van der Waals surface area contributed by atoms with Gasteiger partial charge in [-0.05, 0) is 47.8 Å². The molecule has 0 radical (unpaired) electrons. The number of ether oxygens (including phenoxy) is 2. The molecule has 0 aliphatic rings. The van der Waals surface area contributed by atoms with Crippen molar-refractivity contribution in [3.8, 4) is 5.75 Å². The number of hydrogen-bond acceptors (Lipinski definition) is 6. The average Bonchev–Trinajstić information content (AvgIpc) is 3.30. The van der Waals surface area contributed by atoms with Gasteiger partial charge < -0.3 is 20.1 Å².